The van der Waals surface area contributed by atoms with Crippen molar-refractivity contribution < 1.29 is 14.1 Å². The lowest BCUT2D eigenvalue weighted by Gasteiger charge is -1.93. The van der Waals surface area contributed by atoms with Crippen LogP contribution in [0.25, 0.3) is 6.08 Å². The predicted molar refractivity (Wildman–Crippen MR) is 88.0 cm³/mol. The van der Waals surface area contributed by atoms with Gasteiger partial charge in [-0.1, -0.05) is 0 Å². The molecule has 25 heavy (non-hydrogen) atoms. The van der Waals surface area contributed by atoms with Gasteiger partial charge in [0.15, 0.2) is 5.78 Å². The van der Waals surface area contributed by atoms with Crippen molar-refractivity contribution in [3.05, 3.63) is 69.6 Å². The van der Waals surface area contributed by atoms with E-state index < -0.39 is 4.92 Å². The van der Waals surface area contributed by atoms with Gasteiger partial charge >= 0.3 is 5.82 Å². The molecule has 9 heteroatoms. The number of nitro groups is 1. The van der Waals surface area contributed by atoms with Gasteiger partial charge in [0, 0.05) is 13.2 Å². The average molecular weight is 341 g/mol. The molecule has 0 N–H and O–H groups in total. The average Bonchev–Trinajstić information content (AvgIpc) is 3.26. The second kappa shape index (κ2) is 6.56. The molecule has 0 aliphatic carbocycles. The van der Waals surface area contributed by atoms with Crippen LogP contribution in [0.5, 0.6) is 0 Å². The number of furan rings is 1. The zero-order valence-electron chi connectivity index (χ0n) is 13.6. The maximum absolute atomic E-state index is 12.2. The molecule has 9 nitrogen and oxygen atoms in total. The number of rotatable bonds is 6. The Morgan fingerprint density at radius 1 is 1.36 bits per heavy atom. The molecular weight excluding hydrogens is 326 g/mol. The van der Waals surface area contributed by atoms with Gasteiger partial charge in [0.05, 0.1) is 28.6 Å². The molecule has 3 heterocycles. The highest BCUT2D eigenvalue weighted by Crippen LogP contribution is 2.14. The van der Waals surface area contributed by atoms with E-state index in [1.807, 2.05) is 0 Å². The highest BCUT2D eigenvalue weighted by Gasteiger charge is 2.13. The Balaban J connectivity index is 1.67. The van der Waals surface area contributed by atoms with Crippen molar-refractivity contribution in [1.29, 1.82) is 0 Å². The third kappa shape index (κ3) is 3.71. The van der Waals surface area contributed by atoms with Gasteiger partial charge in [-0.15, -0.1) is 0 Å². The number of ketones is 1. The fourth-order valence-electron chi connectivity index (χ4n) is 2.35. The molecule has 0 bridgehead atoms. The van der Waals surface area contributed by atoms with E-state index in [0.29, 0.717) is 22.8 Å². The summed E-state index contributed by atoms with van der Waals surface area (Å²) in [6, 6.07) is 4.76. The number of carbonyl (C=O) groups is 1. The topological polar surface area (TPSA) is 109 Å². The van der Waals surface area contributed by atoms with E-state index in [0.717, 1.165) is 0 Å². The van der Waals surface area contributed by atoms with Crippen LogP contribution in [0.2, 0.25) is 0 Å². The molecule has 3 rings (SSSR count). The monoisotopic (exact) mass is 341 g/mol. The summed E-state index contributed by atoms with van der Waals surface area (Å²) in [5.74, 6) is 0.699. The molecule has 3 aromatic rings. The zero-order valence-corrected chi connectivity index (χ0v) is 13.6. The van der Waals surface area contributed by atoms with Gasteiger partial charge in [0.2, 0.25) is 0 Å². The standard InChI is InChI=1S/C16H15N5O4/c1-11-14(10-19(2)17-11)15(22)6-5-12-3-4-13(25-12)9-20-8-7-16(18-20)21(23)24/h3-8,10H,9H2,1-2H3/b6-5+. The quantitative estimate of drug-likeness (QED) is 0.295. The molecule has 0 saturated carbocycles. The summed E-state index contributed by atoms with van der Waals surface area (Å²) in [6.45, 7) is 2.03. The van der Waals surface area contributed by atoms with Gasteiger partial charge in [-0.2, -0.15) is 9.78 Å². The Morgan fingerprint density at radius 3 is 2.80 bits per heavy atom. The molecule has 0 amide bonds. The Bertz CT molecular complexity index is 963. The number of carbonyl (C=O) groups excluding carboxylic acids is 1. The fraction of sp³-hybridized carbons (Fsp3) is 0.188. The summed E-state index contributed by atoms with van der Waals surface area (Å²) in [6.07, 6.45) is 6.17. The van der Waals surface area contributed by atoms with Gasteiger partial charge in [0.25, 0.3) is 0 Å². The molecule has 0 aliphatic heterocycles. The molecule has 0 spiro atoms. The van der Waals surface area contributed by atoms with Gasteiger partial charge in [0.1, 0.15) is 18.1 Å². The smallest absolute Gasteiger partial charge is 0.389 e. The van der Waals surface area contributed by atoms with E-state index in [2.05, 4.69) is 10.2 Å². The Morgan fingerprint density at radius 2 is 2.16 bits per heavy atom. The molecular formula is C16H15N5O4. The first kappa shape index (κ1) is 16.4. The summed E-state index contributed by atoms with van der Waals surface area (Å²) in [5.41, 5.74) is 1.20. The van der Waals surface area contributed by atoms with E-state index in [4.69, 9.17) is 4.42 Å². The number of hydrogen-bond acceptors (Lipinski definition) is 6. The summed E-state index contributed by atoms with van der Waals surface area (Å²) in [4.78, 5) is 22.2. The number of aryl methyl sites for hydroxylation is 2. The van der Waals surface area contributed by atoms with Crippen molar-refractivity contribution >= 4 is 17.7 Å². The second-order valence-electron chi connectivity index (χ2n) is 5.43. The minimum absolute atomic E-state index is 0.161. The molecule has 3 aromatic heterocycles. The van der Waals surface area contributed by atoms with Crippen molar-refractivity contribution in [1.82, 2.24) is 19.6 Å². The van der Waals surface area contributed by atoms with E-state index >= 15 is 0 Å². The highest BCUT2D eigenvalue weighted by atomic mass is 16.6. The Kier molecular flexibility index (Phi) is 4.29. The fourth-order valence-corrected chi connectivity index (χ4v) is 2.35. The van der Waals surface area contributed by atoms with Gasteiger partial charge in [-0.25, -0.2) is 0 Å². The molecule has 0 atom stereocenters. The molecule has 0 saturated heterocycles. The third-order valence-electron chi connectivity index (χ3n) is 3.49. The van der Waals surface area contributed by atoms with E-state index in [1.165, 1.54) is 23.0 Å². The van der Waals surface area contributed by atoms with Gasteiger partial charge in [-0.05, 0) is 36.1 Å². The molecule has 0 fully saturated rings. The van der Waals surface area contributed by atoms with E-state index in [9.17, 15) is 14.9 Å². The maximum atomic E-state index is 12.2. The van der Waals surface area contributed by atoms with E-state index in [-0.39, 0.29) is 18.1 Å². The molecule has 0 aromatic carbocycles. The van der Waals surface area contributed by atoms with Crippen molar-refractivity contribution in [2.24, 2.45) is 7.05 Å². The number of allylic oxidation sites excluding steroid dienone is 1. The SMILES string of the molecule is Cc1nn(C)cc1C(=O)/C=C/c1ccc(Cn2ccc([N+](=O)[O-])n2)o1. The molecule has 0 aliphatic rings. The lowest BCUT2D eigenvalue weighted by Crippen LogP contribution is -2.00. The summed E-state index contributed by atoms with van der Waals surface area (Å²) in [7, 11) is 1.76. The normalized spacial score (nSPS) is 11.3. The first-order valence-corrected chi connectivity index (χ1v) is 7.41. The Hall–Kier alpha value is -3.49. The second-order valence-corrected chi connectivity index (χ2v) is 5.43. The number of aromatic nitrogens is 4. The lowest BCUT2D eigenvalue weighted by atomic mass is 10.1. The van der Waals surface area contributed by atoms with Crippen LogP contribution in [0, 0.1) is 17.0 Å². The maximum Gasteiger partial charge on any atom is 0.389 e. The van der Waals surface area contributed by atoms with Crippen molar-refractivity contribution in [3.8, 4) is 0 Å². The minimum atomic E-state index is -0.557. The number of hydrogen-bond donors (Lipinski definition) is 0. The van der Waals surface area contributed by atoms with Crippen LogP contribution in [0.3, 0.4) is 0 Å². The Labute approximate surface area is 142 Å². The predicted octanol–water partition coefficient (Wildman–Crippen LogP) is 2.37. The molecule has 128 valence electrons. The lowest BCUT2D eigenvalue weighted by molar-refractivity contribution is -0.389. The van der Waals surface area contributed by atoms with Crippen LogP contribution in [0.15, 0.2) is 41.1 Å². The van der Waals surface area contributed by atoms with E-state index in [1.54, 1.807) is 43.1 Å². The summed E-state index contributed by atoms with van der Waals surface area (Å²) in [5, 5.41) is 18.6. The van der Waals surface area contributed by atoms with Crippen LogP contribution in [-0.4, -0.2) is 30.3 Å². The first-order valence-electron chi connectivity index (χ1n) is 7.41. The molecule has 0 unspecified atom stereocenters. The highest BCUT2D eigenvalue weighted by molar-refractivity contribution is 6.07. The van der Waals surface area contributed by atoms with Crippen molar-refractivity contribution in [2.45, 2.75) is 13.5 Å². The third-order valence-corrected chi connectivity index (χ3v) is 3.49. The first-order chi connectivity index (χ1) is 11.9. The van der Waals surface area contributed by atoms with Crippen LogP contribution in [-0.2, 0) is 13.6 Å². The zero-order chi connectivity index (χ0) is 18.0. The van der Waals surface area contributed by atoms with Crippen LogP contribution in [0.4, 0.5) is 5.82 Å². The van der Waals surface area contributed by atoms with Gasteiger partial charge < -0.3 is 14.5 Å². The van der Waals surface area contributed by atoms with Crippen molar-refractivity contribution in [2.75, 3.05) is 0 Å². The van der Waals surface area contributed by atoms with Crippen LogP contribution < -0.4 is 0 Å². The number of nitrogens with zero attached hydrogens (tertiary/aromatic N) is 5. The van der Waals surface area contributed by atoms with Gasteiger partial charge in [-0.3, -0.25) is 9.48 Å². The van der Waals surface area contributed by atoms with Crippen LogP contribution >= 0.6 is 0 Å². The minimum Gasteiger partial charge on any atom is -0.460 e. The largest absolute Gasteiger partial charge is 0.460 e. The van der Waals surface area contributed by atoms with Crippen LogP contribution in [0.1, 0.15) is 27.6 Å². The van der Waals surface area contributed by atoms with Crippen molar-refractivity contribution in [3.63, 3.8) is 0 Å². The summed E-state index contributed by atoms with van der Waals surface area (Å²) < 4.78 is 8.59. The molecule has 0 radical (unpaired) electrons. The summed E-state index contributed by atoms with van der Waals surface area (Å²) >= 11 is 0.